The number of carbonyl (C=O) groups excluding carboxylic acids is 1. The van der Waals surface area contributed by atoms with E-state index in [9.17, 15) is 36.2 Å². The molecule has 1 saturated heterocycles. The molecule has 1 aliphatic heterocycles. The zero-order valence-corrected chi connectivity index (χ0v) is 20.9. The van der Waals surface area contributed by atoms with Crippen molar-refractivity contribution >= 4 is 5.91 Å². The average molecular weight is 525 g/mol. The maximum atomic E-state index is 13.4. The van der Waals surface area contributed by atoms with Crippen LogP contribution in [-0.4, -0.2) is 53.4 Å². The molecule has 5 nitrogen and oxygen atoms in total. The van der Waals surface area contributed by atoms with E-state index >= 15 is 0 Å². The maximum Gasteiger partial charge on any atom is 0.416 e. The molecule has 2 N–H and O–H groups in total. The first kappa shape index (κ1) is 28.7. The van der Waals surface area contributed by atoms with Crippen LogP contribution in [0, 0.1) is 5.41 Å². The van der Waals surface area contributed by atoms with Crippen molar-refractivity contribution in [3.05, 3.63) is 34.9 Å². The zero-order chi connectivity index (χ0) is 27.2. The number of ether oxygens (including phenoxy) is 1. The third kappa shape index (κ3) is 5.83. The predicted octanol–water partition coefficient (Wildman–Crippen LogP) is 5.15. The fourth-order valence-electron chi connectivity index (χ4n) is 5.47. The van der Waals surface area contributed by atoms with Crippen LogP contribution >= 0.6 is 0 Å². The second-order valence-electron chi connectivity index (χ2n) is 10.9. The molecule has 2 atom stereocenters. The van der Waals surface area contributed by atoms with E-state index in [4.69, 9.17) is 4.74 Å². The molecule has 1 aliphatic carbocycles. The number of amides is 1. The number of rotatable bonds is 6. The number of carbonyl (C=O) groups is 1. The highest BCUT2D eigenvalue weighted by atomic mass is 19.4. The smallest absolute Gasteiger partial charge is 0.389 e. The van der Waals surface area contributed by atoms with Gasteiger partial charge in [-0.15, -0.1) is 0 Å². The molecule has 1 aromatic carbocycles. The van der Waals surface area contributed by atoms with Crippen LogP contribution in [0.1, 0.15) is 69.6 Å². The van der Waals surface area contributed by atoms with Gasteiger partial charge in [-0.05, 0) is 83.7 Å². The lowest BCUT2D eigenvalue weighted by Crippen LogP contribution is -2.55. The normalized spacial score (nSPS) is 25.3. The number of halogens is 6. The fraction of sp³-hybridized carbons (Fsp3) is 0.720. The van der Waals surface area contributed by atoms with Gasteiger partial charge in [0.2, 0.25) is 5.91 Å². The number of alkyl halides is 6. The minimum absolute atomic E-state index is 0.0318. The van der Waals surface area contributed by atoms with Gasteiger partial charge in [0, 0.05) is 31.3 Å². The molecule has 36 heavy (non-hydrogen) atoms. The van der Waals surface area contributed by atoms with Crippen molar-refractivity contribution < 1.29 is 41.0 Å². The Balaban J connectivity index is 1.81. The van der Waals surface area contributed by atoms with E-state index in [1.807, 2.05) is 7.05 Å². The summed E-state index contributed by atoms with van der Waals surface area (Å²) in [6, 6.07) is 1.22. The Hall–Kier alpha value is -1.85. The van der Waals surface area contributed by atoms with Crippen LogP contribution in [0.3, 0.4) is 0 Å². The zero-order valence-electron chi connectivity index (χ0n) is 20.9. The summed E-state index contributed by atoms with van der Waals surface area (Å²) >= 11 is 0. The Kier molecular flexibility index (Phi) is 7.81. The number of hydrogen-bond donors (Lipinski definition) is 2. The summed E-state index contributed by atoms with van der Waals surface area (Å²) in [6.07, 6.45) is -7.05. The van der Waals surface area contributed by atoms with Crippen LogP contribution in [0.15, 0.2) is 18.2 Å². The summed E-state index contributed by atoms with van der Waals surface area (Å²) in [7, 11) is 1.98. The average Bonchev–Trinajstić information content (AvgIpc) is 3.23. The first-order valence-electron chi connectivity index (χ1n) is 12.0. The number of hydrogen-bond acceptors (Lipinski definition) is 4. The SMILES string of the molecule is CN(C1CCC(C(=O)NCc2cc(C(F)(F)F)cc(C(F)(F)F)c2)(C(C)(C)O)C1)C1(C)CCOCC1. The Labute approximate surface area is 207 Å². The molecule has 0 aromatic heterocycles. The van der Waals surface area contributed by atoms with E-state index < -0.39 is 46.9 Å². The van der Waals surface area contributed by atoms with Crippen molar-refractivity contribution in [2.75, 3.05) is 20.3 Å². The van der Waals surface area contributed by atoms with Crippen LogP contribution in [0.5, 0.6) is 0 Å². The summed E-state index contributed by atoms with van der Waals surface area (Å²) in [5, 5.41) is 13.5. The maximum absolute atomic E-state index is 13.4. The van der Waals surface area contributed by atoms with E-state index in [1.165, 1.54) is 13.8 Å². The number of nitrogens with zero attached hydrogens (tertiary/aromatic N) is 1. The largest absolute Gasteiger partial charge is 0.416 e. The quantitative estimate of drug-likeness (QED) is 0.506. The first-order valence-corrected chi connectivity index (χ1v) is 12.0. The summed E-state index contributed by atoms with van der Waals surface area (Å²) in [5.74, 6) is -0.589. The highest BCUT2D eigenvalue weighted by Gasteiger charge is 2.56. The van der Waals surface area contributed by atoms with Crippen molar-refractivity contribution in [3.8, 4) is 0 Å². The molecule has 2 unspecified atom stereocenters. The topological polar surface area (TPSA) is 61.8 Å². The van der Waals surface area contributed by atoms with Gasteiger partial charge in [0.15, 0.2) is 0 Å². The van der Waals surface area contributed by atoms with Gasteiger partial charge in [0.25, 0.3) is 0 Å². The van der Waals surface area contributed by atoms with Crippen molar-refractivity contribution in [2.45, 2.75) is 89.0 Å². The van der Waals surface area contributed by atoms with E-state index in [0.29, 0.717) is 44.6 Å². The summed E-state index contributed by atoms with van der Waals surface area (Å²) in [4.78, 5) is 15.6. The van der Waals surface area contributed by atoms with Crippen molar-refractivity contribution in [1.82, 2.24) is 10.2 Å². The van der Waals surface area contributed by atoms with Crippen LogP contribution < -0.4 is 5.32 Å². The molecule has 2 fully saturated rings. The molecule has 1 saturated carbocycles. The van der Waals surface area contributed by atoms with E-state index in [2.05, 4.69) is 17.1 Å². The van der Waals surface area contributed by atoms with E-state index in [-0.39, 0.29) is 23.2 Å². The Morgan fingerprint density at radius 2 is 1.58 bits per heavy atom. The van der Waals surface area contributed by atoms with Gasteiger partial charge in [-0.2, -0.15) is 26.3 Å². The first-order chi connectivity index (χ1) is 16.4. The second-order valence-corrected chi connectivity index (χ2v) is 10.9. The summed E-state index contributed by atoms with van der Waals surface area (Å²) < 4.78 is 84.7. The standard InChI is InChI=1S/C25H34F6N2O3/c1-21(2,35)23(6-5-19(14-23)33(4)22(3)7-9-36-10-8-22)20(34)32-15-16-11-17(24(26,27)28)13-18(12-16)25(29,30)31/h11-13,19,35H,5-10,14-15H2,1-4H3,(H,32,34). The lowest BCUT2D eigenvalue weighted by atomic mass is 9.71. The van der Waals surface area contributed by atoms with Crippen LogP contribution in [0.25, 0.3) is 0 Å². The molecule has 0 radical (unpaired) electrons. The van der Waals surface area contributed by atoms with Gasteiger partial charge in [0.05, 0.1) is 22.1 Å². The highest BCUT2D eigenvalue weighted by Crippen LogP contribution is 2.49. The monoisotopic (exact) mass is 524 g/mol. The molecule has 1 amide bonds. The molecule has 204 valence electrons. The van der Waals surface area contributed by atoms with Crippen molar-refractivity contribution in [1.29, 1.82) is 0 Å². The Morgan fingerprint density at radius 1 is 1.06 bits per heavy atom. The van der Waals surface area contributed by atoms with Crippen molar-refractivity contribution in [2.24, 2.45) is 5.41 Å². The lowest BCUT2D eigenvalue weighted by Gasteiger charge is -2.46. The van der Waals surface area contributed by atoms with E-state index in [0.717, 1.165) is 12.8 Å². The van der Waals surface area contributed by atoms with Gasteiger partial charge in [-0.3, -0.25) is 9.69 Å². The van der Waals surface area contributed by atoms with Gasteiger partial charge in [0.1, 0.15) is 0 Å². The highest BCUT2D eigenvalue weighted by molar-refractivity contribution is 5.84. The molecular formula is C25H34F6N2O3. The van der Waals surface area contributed by atoms with Gasteiger partial charge < -0.3 is 15.2 Å². The third-order valence-electron chi connectivity index (χ3n) is 8.16. The third-order valence-corrected chi connectivity index (χ3v) is 8.16. The number of nitrogens with one attached hydrogen (secondary N) is 1. The Bertz CT molecular complexity index is 918. The molecule has 2 aliphatic rings. The minimum Gasteiger partial charge on any atom is -0.389 e. The van der Waals surface area contributed by atoms with Crippen LogP contribution in [0.2, 0.25) is 0 Å². The fourth-order valence-corrected chi connectivity index (χ4v) is 5.47. The predicted molar refractivity (Wildman–Crippen MR) is 121 cm³/mol. The lowest BCUT2D eigenvalue weighted by molar-refractivity contribution is -0.147. The molecule has 1 heterocycles. The summed E-state index contributed by atoms with van der Waals surface area (Å²) in [6.45, 7) is 5.88. The molecule has 0 spiro atoms. The molecule has 0 bridgehead atoms. The van der Waals surface area contributed by atoms with Crippen LogP contribution in [-0.2, 0) is 28.4 Å². The van der Waals surface area contributed by atoms with Gasteiger partial charge >= 0.3 is 12.4 Å². The number of benzene rings is 1. The molecule has 11 heteroatoms. The Morgan fingerprint density at radius 3 is 2.06 bits per heavy atom. The summed E-state index contributed by atoms with van der Waals surface area (Å²) in [5.41, 5.74) is -6.05. The van der Waals surface area contributed by atoms with Gasteiger partial charge in [-0.25, -0.2) is 0 Å². The number of aliphatic hydroxyl groups is 1. The van der Waals surface area contributed by atoms with Crippen LogP contribution in [0.4, 0.5) is 26.3 Å². The van der Waals surface area contributed by atoms with Gasteiger partial charge in [-0.1, -0.05) is 0 Å². The second kappa shape index (κ2) is 9.79. The molecule has 3 rings (SSSR count). The molecule has 1 aromatic rings. The van der Waals surface area contributed by atoms with E-state index in [1.54, 1.807) is 0 Å². The molecular weight excluding hydrogens is 490 g/mol. The van der Waals surface area contributed by atoms with Crippen molar-refractivity contribution in [3.63, 3.8) is 0 Å². The minimum atomic E-state index is -4.97.